The highest BCUT2D eigenvalue weighted by atomic mass is 35.5. The summed E-state index contributed by atoms with van der Waals surface area (Å²) in [6, 6.07) is 11.7. The van der Waals surface area contributed by atoms with E-state index in [0.29, 0.717) is 0 Å². The predicted octanol–water partition coefficient (Wildman–Crippen LogP) is 3.59. The molecule has 1 aromatic carbocycles. The largest absolute Gasteiger partial charge is 0.497 e. The molecule has 0 saturated heterocycles. The van der Waals surface area contributed by atoms with Gasteiger partial charge in [-0.15, -0.1) is 0 Å². The molecule has 0 aliphatic heterocycles. The van der Waals surface area contributed by atoms with Crippen molar-refractivity contribution in [2.75, 3.05) is 7.11 Å². The number of rotatable bonds is 3. The molecule has 0 unspecified atom stereocenters. The third kappa shape index (κ3) is 2.42. The average molecular weight is 273 g/mol. The Morgan fingerprint density at radius 3 is 2.95 bits per heavy atom. The van der Waals surface area contributed by atoms with Crippen LogP contribution < -0.4 is 4.74 Å². The summed E-state index contributed by atoms with van der Waals surface area (Å²) in [5, 5.41) is 0.750. The van der Waals surface area contributed by atoms with E-state index >= 15 is 0 Å². The van der Waals surface area contributed by atoms with Crippen LogP contribution in [0, 0.1) is 0 Å². The molecular formula is C15H13ClN2O. The van der Waals surface area contributed by atoms with Crippen LogP contribution in [0.3, 0.4) is 0 Å². The zero-order valence-electron chi connectivity index (χ0n) is 10.5. The van der Waals surface area contributed by atoms with Crippen molar-refractivity contribution in [1.29, 1.82) is 0 Å². The highest BCUT2D eigenvalue weighted by Gasteiger charge is 2.06. The molecule has 96 valence electrons. The molecule has 0 spiro atoms. The summed E-state index contributed by atoms with van der Waals surface area (Å²) < 4.78 is 7.27. The number of ether oxygens (including phenoxy) is 1. The van der Waals surface area contributed by atoms with E-state index in [1.807, 2.05) is 42.7 Å². The summed E-state index contributed by atoms with van der Waals surface area (Å²) in [5.74, 6) is 1.82. The average Bonchev–Trinajstić information content (AvgIpc) is 2.81. The lowest BCUT2D eigenvalue weighted by Crippen LogP contribution is -1.96. The lowest BCUT2D eigenvalue weighted by Gasteiger charge is -2.04. The van der Waals surface area contributed by atoms with Gasteiger partial charge in [0.1, 0.15) is 11.6 Å². The van der Waals surface area contributed by atoms with Gasteiger partial charge in [0.15, 0.2) is 0 Å². The number of benzene rings is 1. The molecule has 0 N–H and O–H groups in total. The van der Waals surface area contributed by atoms with E-state index in [1.165, 1.54) is 0 Å². The number of hydrogen-bond acceptors (Lipinski definition) is 2. The van der Waals surface area contributed by atoms with Crippen LogP contribution in [-0.4, -0.2) is 16.5 Å². The predicted molar refractivity (Wildman–Crippen MR) is 76.0 cm³/mol. The van der Waals surface area contributed by atoms with Crippen molar-refractivity contribution in [2.45, 2.75) is 6.42 Å². The molecule has 19 heavy (non-hydrogen) atoms. The van der Waals surface area contributed by atoms with Gasteiger partial charge in [-0.1, -0.05) is 23.7 Å². The molecule has 0 radical (unpaired) electrons. The molecule has 0 amide bonds. The van der Waals surface area contributed by atoms with E-state index in [9.17, 15) is 0 Å². The minimum Gasteiger partial charge on any atom is -0.497 e. The molecule has 4 heteroatoms. The maximum atomic E-state index is 6.00. The second kappa shape index (κ2) is 4.94. The molecule has 0 bridgehead atoms. The smallest absolute Gasteiger partial charge is 0.122 e. The van der Waals surface area contributed by atoms with Crippen molar-refractivity contribution >= 4 is 17.1 Å². The molecule has 0 atom stereocenters. The SMILES string of the molecule is COc1ccn2c(Cc3cccc(Cl)c3)ncc2c1. The molecule has 3 rings (SSSR count). The van der Waals surface area contributed by atoms with Crippen LogP contribution in [0.4, 0.5) is 0 Å². The van der Waals surface area contributed by atoms with Gasteiger partial charge in [0.05, 0.1) is 18.8 Å². The van der Waals surface area contributed by atoms with Crippen molar-refractivity contribution in [3.63, 3.8) is 0 Å². The van der Waals surface area contributed by atoms with Gasteiger partial charge >= 0.3 is 0 Å². The van der Waals surface area contributed by atoms with Gasteiger partial charge in [-0.05, 0) is 23.8 Å². The van der Waals surface area contributed by atoms with Crippen molar-refractivity contribution in [2.24, 2.45) is 0 Å². The quantitative estimate of drug-likeness (QED) is 0.728. The van der Waals surface area contributed by atoms with Crippen LogP contribution >= 0.6 is 11.6 Å². The van der Waals surface area contributed by atoms with Gasteiger partial charge in [-0.2, -0.15) is 0 Å². The third-order valence-electron chi connectivity index (χ3n) is 3.07. The Labute approximate surface area is 116 Å². The fourth-order valence-electron chi connectivity index (χ4n) is 2.12. The van der Waals surface area contributed by atoms with E-state index < -0.39 is 0 Å². The van der Waals surface area contributed by atoms with Crippen molar-refractivity contribution in [1.82, 2.24) is 9.38 Å². The van der Waals surface area contributed by atoms with Gasteiger partial charge in [0.25, 0.3) is 0 Å². The van der Waals surface area contributed by atoms with E-state index in [2.05, 4.69) is 15.5 Å². The van der Waals surface area contributed by atoms with E-state index in [0.717, 1.165) is 34.1 Å². The molecule has 0 aliphatic carbocycles. The standard InChI is InChI=1S/C15H13ClN2O/c1-19-14-5-6-18-13(9-14)10-17-15(18)8-11-3-2-4-12(16)7-11/h2-7,9-10H,8H2,1H3. The first-order chi connectivity index (χ1) is 9.26. The maximum Gasteiger partial charge on any atom is 0.122 e. The summed E-state index contributed by atoms with van der Waals surface area (Å²) in [4.78, 5) is 4.46. The Kier molecular flexibility index (Phi) is 3.13. The fraction of sp³-hybridized carbons (Fsp3) is 0.133. The highest BCUT2D eigenvalue weighted by molar-refractivity contribution is 6.30. The number of nitrogens with zero attached hydrogens (tertiary/aromatic N) is 2. The first kappa shape index (κ1) is 12.1. The number of imidazole rings is 1. The van der Waals surface area contributed by atoms with Crippen molar-refractivity contribution in [3.8, 4) is 5.75 Å². The van der Waals surface area contributed by atoms with E-state index in [1.54, 1.807) is 7.11 Å². The summed E-state index contributed by atoms with van der Waals surface area (Å²) in [6.07, 6.45) is 4.57. The van der Waals surface area contributed by atoms with E-state index in [-0.39, 0.29) is 0 Å². The van der Waals surface area contributed by atoms with Crippen LogP contribution in [0.15, 0.2) is 48.8 Å². The minimum atomic E-state index is 0.750. The second-order valence-electron chi connectivity index (χ2n) is 4.34. The van der Waals surface area contributed by atoms with Crippen LogP contribution in [0.5, 0.6) is 5.75 Å². The minimum absolute atomic E-state index is 0.750. The topological polar surface area (TPSA) is 26.5 Å². The molecule has 0 aliphatic rings. The number of fused-ring (bicyclic) bond motifs is 1. The normalized spacial score (nSPS) is 10.8. The summed E-state index contributed by atoms with van der Waals surface area (Å²) in [5.41, 5.74) is 2.17. The van der Waals surface area contributed by atoms with Crippen LogP contribution in [0.2, 0.25) is 5.02 Å². The van der Waals surface area contributed by atoms with Crippen LogP contribution in [-0.2, 0) is 6.42 Å². The van der Waals surface area contributed by atoms with Crippen molar-refractivity contribution in [3.05, 3.63) is 65.2 Å². The fourth-order valence-corrected chi connectivity index (χ4v) is 2.34. The van der Waals surface area contributed by atoms with Gasteiger partial charge < -0.3 is 9.14 Å². The van der Waals surface area contributed by atoms with Gasteiger partial charge in [-0.25, -0.2) is 4.98 Å². The molecule has 2 aromatic heterocycles. The van der Waals surface area contributed by atoms with Crippen LogP contribution in [0.25, 0.3) is 5.52 Å². The highest BCUT2D eigenvalue weighted by Crippen LogP contribution is 2.18. The number of pyridine rings is 1. The zero-order valence-corrected chi connectivity index (χ0v) is 11.3. The van der Waals surface area contributed by atoms with Crippen LogP contribution in [0.1, 0.15) is 11.4 Å². The summed E-state index contributed by atoms with van der Waals surface area (Å²) in [7, 11) is 1.66. The zero-order chi connectivity index (χ0) is 13.2. The Morgan fingerprint density at radius 1 is 1.26 bits per heavy atom. The number of methoxy groups -OCH3 is 1. The van der Waals surface area contributed by atoms with E-state index in [4.69, 9.17) is 16.3 Å². The Hall–Kier alpha value is -2.00. The van der Waals surface area contributed by atoms with Gasteiger partial charge in [0.2, 0.25) is 0 Å². The lowest BCUT2D eigenvalue weighted by atomic mass is 10.1. The van der Waals surface area contributed by atoms with Gasteiger partial charge in [-0.3, -0.25) is 0 Å². The third-order valence-corrected chi connectivity index (χ3v) is 3.30. The maximum absolute atomic E-state index is 6.00. The molecule has 3 nitrogen and oxygen atoms in total. The summed E-state index contributed by atoms with van der Waals surface area (Å²) in [6.45, 7) is 0. The molecule has 0 saturated carbocycles. The number of aromatic nitrogens is 2. The second-order valence-corrected chi connectivity index (χ2v) is 4.78. The Bertz CT molecular complexity index is 721. The summed E-state index contributed by atoms with van der Waals surface area (Å²) >= 11 is 6.00. The van der Waals surface area contributed by atoms with Gasteiger partial charge in [0, 0.05) is 23.7 Å². The van der Waals surface area contributed by atoms with Crippen molar-refractivity contribution < 1.29 is 4.74 Å². The Morgan fingerprint density at radius 2 is 2.16 bits per heavy atom. The molecule has 2 heterocycles. The Balaban J connectivity index is 1.97. The molecular weight excluding hydrogens is 260 g/mol. The monoisotopic (exact) mass is 272 g/mol. The molecule has 3 aromatic rings. The number of halogens is 1. The first-order valence-electron chi connectivity index (χ1n) is 6.01. The lowest BCUT2D eigenvalue weighted by molar-refractivity contribution is 0.414. The number of hydrogen-bond donors (Lipinski definition) is 0. The first-order valence-corrected chi connectivity index (χ1v) is 6.38. The molecule has 0 fully saturated rings.